The number of benzene rings is 1. The van der Waals surface area contributed by atoms with E-state index in [4.69, 9.17) is 0 Å². The number of rotatable bonds is 4. The van der Waals surface area contributed by atoms with Gasteiger partial charge in [0.15, 0.2) is 5.69 Å². The van der Waals surface area contributed by atoms with Gasteiger partial charge in [-0.25, -0.2) is 14.2 Å². The third-order valence-electron chi connectivity index (χ3n) is 3.16. The Morgan fingerprint density at radius 3 is 2.48 bits per heavy atom. The van der Waals surface area contributed by atoms with E-state index < -0.39 is 17.9 Å². The lowest BCUT2D eigenvalue weighted by Gasteiger charge is -2.12. The van der Waals surface area contributed by atoms with Crippen LogP contribution in [0.4, 0.5) is 4.39 Å². The minimum Gasteiger partial charge on any atom is -0.505 e. The molecule has 2 aromatic rings. The summed E-state index contributed by atoms with van der Waals surface area (Å²) in [6, 6.07) is 6.11. The number of methoxy groups -OCH3 is 1. The van der Waals surface area contributed by atoms with Gasteiger partial charge in [0.2, 0.25) is 0 Å². The van der Waals surface area contributed by atoms with Crippen LogP contribution >= 0.6 is 0 Å². The molecular formula is C16H15FN2O4. The van der Waals surface area contributed by atoms with Crippen molar-refractivity contribution < 1.29 is 23.8 Å². The van der Waals surface area contributed by atoms with Crippen LogP contribution in [0, 0.1) is 5.82 Å². The van der Waals surface area contributed by atoms with Gasteiger partial charge >= 0.3 is 5.97 Å². The number of carbonyl (C=O) groups excluding carboxylic acids is 2. The van der Waals surface area contributed by atoms with Crippen molar-refractivity contribution >= 4 is 11.9 Å². The van der Waals surface area contributed by atoms with Crippen LogP contribution in [0.5, 0.6) is 5.75 Å². The summed E-state index contributed by atoms with van der Waals surface area (Å²) >= 11 is 0. The molecule has 0 aliphatic rings. The fourth-order valence-corrected chi connectivity index (χ4v) is 1.93. The summed E-state index contributed by atoms with van der Waals surface area (Å²) < 4.78 is 17.4. The minimum absolute atomic E-state index is 0.216. The van der Waals surface area contributed by atoms with Crippen LogP contribution in [0.1, 0.15) is 17.4 Å². The minimum atomic E-state index is -0.870. The second-order valence-corrected chi connectivity index (χ2v) is 4.82. The first-order chi connectivity index (χ1) is 10.9. The third-order valence-corrected chi connectivity index (χ3v) is 3.16. The zero-order valence-corrected chi connectivity index (χ0v) is 12.5. The molecule has 120 valence electrons. The Morgan fingerprint density at radius 2 is 1.91 bits per heavy atom. The number of aromatic nitrogens is 1. The summed E-state index contributed by atoms with van der Waals surface area (Å²) in [7, 11) is 1.21. The van der Waals surface area contributed by atoms with Gasteiger partial charge in [0, 0.05) is 11.8 Å². The van der Waals surface area contributed by atoms with E-state index >= 15 is 0 Å². The van der Waals surface area contributed by atoms with Gasteiger partial charge in [-0.2, -0.15) is 0 Å². The molecule has 0 spiro atoms. The largest absolute Gasteiger partial charge is 0.505 e. The van der Waals surface area contributed by atoms with Crippen LogP contribution in [0.3, 0.4) is 0 Å². The standard InChI is InChI=1S/C16H15FN2O4/c1-9(16(22)23-2)19-15(21)14-13(20)7-11(8-18-14)10-3-5-12(17)6-4-10/h3-9,20H,1-2H3,(H,19,21). The number of ether oxygens (including phenoxy) is 1. The van der Waals surface area contributed by atoms with Crippen molar-refractivity contribution in [3.05, 3.63) is 48.0 Å². The molecule has 0 aliphatic carbocycles. The molecular weight excluding hydrogens is 303 g/mol. The highest BCUT2D eigenvalue weighted by Crippen LogP contribution is 2.24. The molecule has 0 radical (unpaired) electrons. The Bertz CT molecular complexity index is 731. The lowest BCUT2D eigenvalue weighted by molar-refractivity contribution is -0.142. The second kappa shape index (κ2) is 6.87. The highest BCUT2D eigenvalue weighted by atomic mass is 19.1. The number of amides is 1. The Kier molecular flexibility index (Phi) is 4.90. The maximum Gasteiger partial charge on any atom is 0.328 e. The number of nitrogens with zero attached hydrogens (tertiary/aromatic N) is 1. The molecule has 0 bridgehead atoms. The van der Waals surface area contributed by atoms with Crippen LogP contribution in [0.15, 0.2) is 36.5 Å². The average Bonchev–Trinajstić information content (AvgIpc) is 2.54. The van der Waals surface area contributed by atoms with Crippen LogP contribution in [0.2, 0.25) is 0 Å². The lowest BCUT2D eigenvalue weighted by Crippen LogP contribution is -2.39. The fraction of sp³-hybridized carbons (Fsp3) is 0.188. The first-order valence-corrected chi connectivity index (χ1v) is 6.76. The summed E-state index contributed by atoms with van der Waals surface area (Å²) in [5.74, 6) is -2.04. The van der Waals surface area contributed by atoms with E-state index in [2.05, 4.69) is 15.0 Å². The Hall–Kier alpha value is -2.96. The average molecular weight is 318 g/mol. The molecule has 1 aromatic heterocycles. The van der Waals surface area contributed by atoms with E-state index in [1.807, 2.05) is 0 Å². The summed E-state index contributed by atoms with van der Waals surface area (Å²) in [6.45, 7) is 1.45. The van der Waals surface area contributed by atoms with Crippen molar-refractivity contribution in [3.8, 4) is 16.9 Å². The molecule has 1 amide bonds. The molecule has 0 saturated carbocycles. The zero-order chi connectivity index (χ0) is 17.0. The van der Waals surface area contributed by atoms with E-state index in [0.717, 1.165) is 0 Å². The number of nitrogens with one attached hydrogen (secondary N) is 1. The Balaban J connectivity index is 2.20. The summed E-state index contributed by atoms with van der Waals surface area (Å²) in [5, 5.41) is 12.3. The molecule has 0 saturated heterocycles. The SMILES string of the molecule is COC(=O)C(C)NC(=O)c1ncc(-c2ccc(F)cc2)cc1O. The molecule has 0 aliphatic heterocycles. The zero-order valence-electron chi connectivity index (χ0n) is 12.5. The first-order valence-electron chi connectivity index (χ1n) is 6.76. The van der Waals surface area contributed by atoms with Crippen molar-refractivity contribution in [1.82, 2.24) is 10.3 Å². The van der Waals surface area contributed by atoms with E-state index in [1.54, 1.807) is 0 Å². The molecule has 1 atom stereocenters. The van der Waals surface area contributed by atoms with Crippen molar-refractivity contribution in [2.45, 2.75) is 13.0 Å². The molecule has 2 N–H and O–H groups in total. The van der Waals surface area contributed by atoms with Crippen LogP contribution < -0.4 is 5.32 Å². The van der Waals surface area contributed by atoms with Crippen molar-refractivity contribution in [3.63, 3.8) is 0 Å². The maximum atomic E-state index is 12.9. The van der Waals surface area contributed by atoms with Crippen LogP contribution in [0.25, 0.3) is 11.1 Å². The number of aromatic hydroxyl groups is 1. The smallest absolute Gasteiger partial charge is 0.328 e. The second-order valence-electron chi connectivity index (χ2n) is 4.82. The number of hydrogen-bond donors (Lipinski definition) is 2. The molecule has 1 aromatic carbocycles. The number of pyridine rings is 1. The van der Waals surface area contributed by atoms with Gasteiger partial charge < -0.3 is 15.2 Å². The molecule has 7 heteroatoms. The maximum absolute atomic E-state index is 12.9. The molecule has 0 fully saturated rings. The highest BCUT2D eigenvalue weighted by Gasteiger charge is 2.20. The number of hydrogen-bond acceptors (Lipinski definition) is 5. The summed E-state index contributed by atoms with van der Waals surface area (Å²) in [5.41, 5.74) is 0.954. The van der Waals surface area contributed by atoms with Crippen LogP contribution in [-0.2, 0) is 9.53 Å². The van der Waals surface area contributed by atoms with Crippen LogP contribution in [-0.4, -0.2) is 35.1 Å². The summed E-state index contributed by atoms with van der Waals surface area (Å²) in [6.07, 6.45) is 1.38. The fourth-order valence-electron chi connectivity index (χ4n) is 1.93. The molecule has 2 rings (SSSR count). The van der Waals surface area contributed by atoms with Gasteiger partial charge in [0.1, 0.15) is 17.6 Å². The van der Waals surface area contributed by atoms with E-state index in [1.165, 1.54) is 50.6 Å². The Morgan fingerprint density at radius 1 is 1.26 bits per heavy atom. The Labute approximate surface area is 131 Å². The molecule has 1 unspecified atom stereocenters. The number of esters is 1. The number of carbonyl (C=O) groups is 2. The quantitative estimate of drug-likeness (QED) is 0.840. The highest BCUT2D eigenvalue weighted by molar-refractivity contribution is 5.97. The van der Waals surface area contributed by atoms with Crippen molar-refractivity contribution in [1.29, 1.82) is 0 Å². The molecule has 6 nitrogen and oxygen atoms in total. The van der Waals surface area contributed by atoms with Crippen molar-refractivity contribution in [2.75, 3.05) is 7.11 Å². The number of halogens is 1. The molecule has 23 heavy (non-hydrogen) atoms. The van der Waals surface area contributed by atoms with E-state index in [9.17, 15) is 19.1 Å². The van der Waals surface area contributed by atoms with Gasteiger partial charge in [-0.15, -0.1) is 0 Å². The predicted molar refractivity (Wildman–Crippen MR) is 80.2 cm³/mol. The lowest BCUT2D eigenvalue weighted by atomic mass is 10.1. The summed E-state index contributed by atoms with van der Waals surface area (Å²) in [4.78, 5) is 27.2. The van der Waals surface area contributed by atoms with Gasteiger partial charge in [-0.3, -0.25) is 4.79 Å². The topological polar surface area (TPSA) is 88.5 Å². The van der Waals surface area contributed by atoms with Gasteiger partial charge in [-0.05, 0) is 30.7 Å². The third kappa shape index (κ3) is 3.82. The monoisotopic (exact) mass is 318 g/mol. The van der Waals surface area contributed by atoms with Crippen molar-refractivity contribution in [2.24, 2.45) is 0 Å². The van der Waals surface area contributed by atoms with Gasteiger partial charge in [0.25, 0.3) is 5.91 Å². The predicted octanol–water partition coefficient (Wildman–Crippen LogP) is 1.88. The normalized spacial score (nSPS) is 11.6. The van der Waals surface area contributed by atoms with Gasteiger partial charge in [0.05, 0.1) is 7.11 Å². The molecule has 1 heterocycles. The van der Waals surface area contributed by atoms with Gasteiger partial charge in [-0.1, -0.05) is 12.1 Å². The van der Waals surface area contributed by atoms with E-state index in [0.29, 0.717) is 11.1 Å². The first kappa shape index (κ1) is 16.4. The van der Waals surface area contributed by atoms with E-state index in [-0.39, 0.29) is 17.3 Å².